The first-order valence-corrected chi connectivity index (χ1v) is 21.3. The second-order valence-electron chi connectivity index (χ2n) is 15.2. The number of thiophene rings is 2. The Balaban J connectivity index is 1.06. The van der Waals surface area contributed by atoms with Gasteiger partial charge in [-0.1, -0.05) is 127 Å². The molecule has 0 fully saturated rings. The molecule has 0 aliphatic rings. The van der Waals surface area contributed by atoms with Crippen LogP contribution in [0.3, 0.4) is 0 Å². The van der Waals surface area contributed by atoms with E-state index in [9.17, 15) is 0 Å². The highest BCUT2D eigenvalue weighted by atomic mass is 32.1. The molecule has 0 aliphatic heterocycles. The highest BCUT2D eigenvalue weighted by molar-refractivity contribution is 7.26. The molecule has 270 valence electrons. The Morgan fingerprint density at radius 2 is 0.845 bits per heavy atom. The molecule has 0 unspecified atom stereocenters. The van der Waals surface area contributed by atoms with Gasteiger partial charge in [0.2, 0.25) is 0 Å². The van der Waals surface area contributed by atoms with Crippen molar-refractivity contribution in [2.75, 3.05) is 0 Å². The van der Waals surface area contributed by atoms with Crippen LogP contribution < -0.4 is 0 Å². The van der Waals surface area contributed by atoms with E-state index in [1.165, 1.54) is 95.5 Å². The van der Waals surface area contributed by atoms with Gasteiger partial charge in [0, 0.05) is 67.6 Å². The van der Waals surface area contributed by atoms with E-state index in [4.69, 9.17) is 4.42 Å². The number of rotatable bonds is 4. The maximum absolute atomic E-state index is 6.34. The summed E-state index contributed by atoms with van der Waals surface area (Å²) in [6.07, 6.45) is 0. The fraction of sp³-hybridized carbons (Fsp3) is 0. The van der Waals surface area contributed by atoms with Crippen molar-refractivity contribution in [1.82, 2.24) is 4.57 Å². The monoisotopic (exact) mass is 773 g/mol. The fourth-order valence-electron chi connectivity index (χ4n) is 9.41. The Morgan fingerprint density at radius 1 is 0.345 bits per heavy atom. The van der Waals surface area contributed by atoms with E-state index < -0.39 is 0 Å². The Bertz CT molecular complexity index is 3820. The van der Waals surface area contributed by atoms with E-state index in [2.05, 4.69) is 187 Å². The van der Waals surface area contributed by atoms with Crippen LogP contribution in [0.15, 0.2) is 192 Å². The first-order chi connectivity index (χ1) is 28.7. The van der Waals surface area contributed by atoms with Crippen molar-refractivity contribution in [2.24, 2.45) is 0 Å². The molecule has 13 rings (SSSR count). The minimum atomic E-state index is 0.908. The quantitative estimate of drug-likeness (QED) is 0.174. The van der Waals surface area contributed by atoms with Crippen LogP contribution in [0.5, 0.6) is 0 Å². The van der Waals surface area contributed by atoms with Gasteiger partial charge in [0.25, 0.3) is 0 Å². The van der Waals surface area contributed by atoms with Gasteiger partial charge >= 0.3 is 0 Å². The molecule has 0 aliphatic carbocycles. The van der Waals surface area contributed by atoms with E-state index in [1.54, 1.807) is 0 Å². The SMILES string of the molecule is c1cc(-c2cccc3c2sc2ccccc23)cc(-n2c3ccc(-c4cccc5c4sc4ccccc45)cc3c3cc(-c4cccc5oc6ccccc6c45)ccc32)c1. The zero-order chi connectivity index (χ0) is 37.9. The summed E-state index contributed by atoms with van der Waals surface area (Å²) in [6.45, 7) is 0. The smallest absolute Gasteiger partial charge is 0.136 e. The number of hydrogen-bond donors (Lipinski definition) is 0. The summed E-state index contributed by atoms with van der Waals surface area (Å²) in [5.41, 5.74) is 12.6. The zero-order valence-electron chi connectivity index (χ0n) is 31.1. The highest BCUT2D eigenvalue weighted by Gasteiger charge is 2.19. The summed E-state index contributed by atoms with van der Waals surface area (Å²) < 4.78 is 14.1. The first-order valence-electron chi connectivity index (χ1n) is 19.7. The van der Waals surface area contributed by atoms with Crippen LogP contribution in [0.25, 0.3) is 123 Å². The lowest BCUT2D eigenvalue weighted by molar-refractivity contribution is 0.669. The third-order valence-corrected chi connectivity index (χ3v) is 14.5. The molecule has 58 heavy (non-hydrogen) atoms. The van der Waals surface area contributed by atoms with Crippen molar-refractivity contribution < 1.29 is 4.42 Å². The van der Waals surface area contributed by atoms with Crippen LogP contribution >= 0.6 is 22.7 Å². The van der Waals surface area contributed by atoms with Crippen molar-refractivity contribution >= 4 is 107 Å². The molecule has 0 N–H and O–H groups in total. The minimum Gasteiger partial charge on any atom is -0.456 e. The maximum atomic E-state index is 6.34. The molecule has 9 aromatic carbocycles. The minimum absolute atomic E-state index is 0.908. The lowest BCUT2D eigenvalue weighted by atomic mass is 9.97. The van der Waals surface area contributed by atoms with Crippen LogP contribution in [0.1, 0.15) is 0 Å². The van der Waals surface area contributed by atoms with Gasteiger partial charge in [0.05, 0.1) is 11.0 Å². The standard InChI is InChI=1S/C54H31NOS2/c1-4-21-48-43(15-1)52-36(16-10-22-49(52)56-48)33-25-27-46-44(30-33)45-31-34(38-18-9-20-42-40-14-3-6-24-51(40)58-54(38)42)26-28-47(45)55(46)35-12-7-11-32(29-35)37-17-8-19-41-39-13-2-5-23-50(39)57-53(37)41/h1-31H. The Kier molecular flexibility index (Phi) is 6.79. The summed E-state index contributed by atoms with van der Waals surface area (Å²) in [5.74, 6) is 0. The van der Waals surface area contributed by atoms with Crippen molar-refractivity contribution in [3.05, 3.63) is 188 Å². The fourth-order valence-corrected chi connectivity index (χ4v) is 11.9. The molecule has 2 nitrogen and oxygen atoms in total. The van der Waals surface area contributed by atoms with Crippen LogP contribution in [0, 0.1) is 0 Å². The van der Waals surface area contributed by atoms with Gasteiger partial charge in [-0.3, -0.25) is 0 Å². The predicted octanol–water partition coefficient (Wildman–Crippen LogP) is 16.4. The summed E-state index contributed by atoms with van der Waals surface area (Å²) >= 11 is 3.77. The van der Waals surface area contributed by atoms with Gasteiger partial charge in [-0.15, -0.1) is 22.7 Å². The number of furan rings is 1. The molecule has 4 aromatic heterocycles. The normalized spacial score (nSPS) is 12.1. The molecule has 0 spiro atoms. The summed E-state index contributed by atoms with van der Waals surface area (Å²) in [5, 5.41) is 10.0. The van der Waals surface area contributed by atoms with Crippen molar-refractivity contribution in [1.29, 1.82) is 0 Å². The second kappa shape index (κ2) is 12.3. The lowest BCUT2D eigenvalue weighted by Gasteiger charge is -2.12. The number of aromatic nitrogens is 1. The van der Waals surface area contributed by atoms with Crippen molar-refractivity contribution in [3.63, 3.8) is 0 Å². The molecule has 13 aromatic rings. The Labute approximate surface area is 341 Å². The molecule has 4 heterocycles. The second-order valence-corrected chi connectivity index (χ2v) is 17.3. The molecule has 0 radical (unpaired) electrons. The van der Waals surface area contributed by atoms with Crippen molar-refractivity contribution in [2.45, 2.75) is 0 Å². The van der Waals surface area contributed by atoms with E-state index in [1.807, 2.05) is 28.7 Å². The third kappa shape index (κ3) is 4.64. The predicted molar refractivity (Wildman–Crippen MR) is 250 cm³/mol. The summed E-state index contributed by atoms with van der Waals surface area (Å²) in [4.78, 5) is 0. The average molecular weight is 774 g/mol. The van der Waals surface area contributed by atoms with E-state index in [0.29, 0.717) is 0 Å². The van der Waals surface area contributed by atoms with Gasteiger partial charge in [-0.2, -0.15) is 0 Å². The number of hydrogen-bond acceptors (Lipinski definition) is 3. The van der Waals surface area contributed by atoms with Crippen LogP contribution in [-0.2, 0) is 0 Å². The maximum Gasteiger partial charge on any atom is 0.136 e. The van der Waals surface area contributed by atoms with E-state index >= 15 is 0 Å². The first kappa shape index (κ1) is 32.1. The van der Waals surface area contributed by atoms with Gasteiger partial charge in [0.15, 0.2) is 0 Å². The molecular weight excluding hydrogens is 743 g/mol. The largest absolute Gasteiger partial charge is 0.456 e. The number of para-hydroxylation sites is 1. The van der Waals surface area contributed by atoms with Crippen molar-refractivity contribution in [3.8, 4) is 39.1 Å². The van der Waals surface area contributed by atoms with Gasteiger partial charge in [-0.25, -0.2) is 0 Å². The van der Waals surface area contributed by atoms with Crippen LogP contribution in [-0.4, -0.2) is 4.57 Å². The molecule has 4 heteroatoms. The van der Waals surface area contributed by atoms with Gasteiger partial charge in [-0.05, 0) is 94.0 Å². The van der Waals surface area contributed by atoms with Gasteiger partial charge in [0.1, 0.15) is 11.2 Å². The lowest BCUT2D eigenvalue weighted by Crippen LogP contribution is -1.94. The molecule has 0 amide bonds. The molecule has 0 saturated heterocycles. The summed E-state index contributed by atoms with van der Waals surface area (Å²) in [7, 11) is 0. The number of benzene rings is 9. The number of nitrogens with zero attached hydrogens (tertiary/aromatic N) is 1. The number of fused-ring (bicyclic) bond motifs is 12. The molecule has 0 saturated carbocycles. The van der Waals surface area contributed by atoms with Gasteiger partial charge < -0.3 is 8.98 Å². The van der Waals surface area contributed by atoms with Crippen LogP contribution in [0.2, 0.25) is 0 Å². The summed E-state index contributed by atoms with van der Waals surface area (Å²) in [6, 6.07) is 69.0. The van der Waals surface area contributed by atoms with Crippen LogP contribution in [0.4, 0.5) is 0 Å². The highest BCUT2D eigenvalue weighted by Crippen LogP contribution is 2.45. The third-order valence-electron chi connectivity index (χ3n) is 12.0. The zero-order valence-corrected chi connectivity index (χ0v) is 32.7. The Morgan fingerprint density at radius 3 is 1.52 bits per heavy atom. The Hall–Kier alpha value is -6.98. The van der Waals surface area contributed by atoms with E-state index in [0.717, 1.165) is 27.6 Å². The average Bonchev–Trinajstić information content (AvgIpc) is 4.05. The molecular formula is C54H31NOS2. The molecule has 0 atom stereocenters. The van der Waals surface area contributed by atoms with E-state index in [-0.39, 0.29) is 0 Å². The molecule has 0 bridgehead atoms. The topological polar surface area (TPSA) is 18.1 Å².